The fourth-order valence-corrected chi connectivity index (χ4v) is 4.31. The third kappa shape index (κ3) is 7.80. The monoisotopic (exact) mass is 373 g/mol. The van der Waals surface area contributed by atoms with Crippen molar-refractivity contribution in [1.29, 1.82) is 0 Å². The molecular weight excluding hydrogens is 342 g/mol. The van der Waals surface area contributed by atoms with Crippen LogP contribution >= 0.6 is 27.3 Å². The van der Waals surface area contributed by atoms with Crippen LogP contribution < -0.4 is 5.32 Å². The molecule has 21 heavy (non-hydrogen) atoms. The maximum Gasteiger partial charge on any atom is 0.0731 e. The quantitative estimate of drug-likeness (QED) is 0.388. The fraction of sp³-hybridized carbons (Fsp3) is 0.778. The molecule has 1 aromatic heterocycles. The second kappa shape index (κ2) is 11.7. The van der Waals surface area contributed by atoms with Crippen molar-refractivity contribution in [2.24, 2.45) is 0 Å². The van der Waals surface area contributed by atoms with Gasteiger partial charge in [-0.05, 0) is 53.9 Å². The Labute approximate surface area is 144 Å². The minimum Gasteiger partial charge on any atom is -0.309 e. The molecule has 0 fully saturated rings. The van der Waals surface area contributed by atoms with Crippen LogP contribution in [-0.2, 0) is 0 Å². The number of hydrogen-bond donors (Lipinski definition) is 1. The van der Waals surface area contributed by atoms with Crippen molar-refractivity contribution < 1.29 is 0 Å². The Morgan fingerprint density at radius 2 is 1.71 bits per heavy atom. The van der Waals surface area contributed by atoms with Crippen LogP contribution in [0.1, 0.15) is 88.1 Å². The smallest absolute Gasteiger partial charge is 0.0731 e. The van der Waals surface area contributed by atoms with Crippen molar-refractivity contribution in [3.8, 4) is 0 Å². The summed E-state index contributed by atoms with van der Waals surface area (Å²) in [5, 5.41) is 3.73. The topological polar surface area (TPSA) is 12.0 Å². The molecule has 0 aromatic carbocycles. The minimum absolute atomic E-state index is 0.551. The molecule has 1 rings (SSSR count). The van der Waals surface area contributed by atoms with Crippen LogP contribution in [0.15, 0.2) is 9.85 Å². The van der Waals surface area contributed by atoms with E-state index in [1.54, 1.807) is 0 Å². The van der Waals surface area contributed by atoms with Crippen LogP contribution in [0.4, 0.5) is 0 Å². The summed E-state index contributed by atoms with van der Waals surface area (Å²) in [7, 11) is 0. The predicted molar refractivity (Wildman–Crippen MR) is 100 cm³/mol. The van der Waals surface area contributed by atoms with Gasteiger partial charge in [-0.1, -0.05) is 58.8 Å². The average Bonchev–Trinajstić information content (AvgIpc) is 2.80. The molecule has 1 heterocycles. The lowest BCUT2D eigenvalue weighted by Gasteiger charge is -2.17. The Morgan fingerprint density at radius 1 is 1.05 bits per heavy atom. The van der Waals surface area contributed by atoms with Crippen LogP contribution in [-0.4, -0.2) is 6.54 Å². The summed E-state index contributed by atoms with van der Waals surface area (Å²) in [6.07, 6.45) is 12.2. The lowest BCUT2D eigenvalue weighted by atomic mass is 10.0. The third-order valence-corrected chi connectivity index (χ3v) is 6.21. The van der Waals surface area contributed by atoms with E-state index in [0.29, 0.717) is 6.04 Å². The number of thiophene rings is 1. The first kappa shape index (κ1) is 19.2. The van der Waals surface area contributed by atoms with Crippen LogP contribution in [0.5, 0.6) is 0 Å². The molecule has 0 saturated heterocycles. The number of hydrogen-bond acceptors (Lipinski definition) is 2. The summed E-state index contributed by atoms with van der Waals surface area (Å²) in [5.41, 5.74) is 1.37. The SMILES string of the molecule is CCCCCCCCCC(NCCC)c1cc(C)c(Br)s1. The van der Waals surface area contributed by atoms with Gasteiger partial charge in [0.15, 0.2) is 0 Å². The molecule has 0 radical (unpaired) electrons. The molecule has 0 bridgehead atoms. The first-order chi connectivity index (χ1) is 10.2. The molecule has 0 aliphatic carbocycles. The zero-order valence-corrected chi connectivity index (χ0v) is 16.4. The highest BCUT2D eigenvalue weighted by molar-refractivity contribution is 9.11. The first-order valence-electron chi connectivity index (χ1n) is 8.68. The minimum atomic E-state index is 0.551. The molecule has 1 N–H and O–H groups in total. The normalized spacial score (nSPS) is 12.8. The van der Waals surface area contributed by atoms with E-state index >= 15 is 0 Å². The van der Waals surface area contributed by atoms with Gasteiger partial charge in [-0.25, -0.2) is 0 Å². The van der Waals surface area contributed by atoms with E-state index in [0.717, 1.165) is 6.54 Å². The summed E-state index contributed by atoms with van der Waals surface area (Å²) in [6, 6.07) is 2.90. The van der Waals surface area contributed by atoms with Gasteiger partial charge in [0, 0.05) is 10.9 Å². The zero-order chi connectivity index (χ0) is 15.5. The summed E-state index contributed by atoms with van der Waals surface area (Å²) < 4.78 is 1.29. The van der Waals surface area contributed by atoms with Crippen molar-refractivity contribution >= 4 is 27.3 Å². The maximum atomic E-state index is 3.73. The molecule has 0 spiro atoms. The summed E-state index contributed by atoms with van der Waals surface area (Å²) in [5.74, 6) is 0. The number of unbranched alkanes of at least 4 members (excludes halogenated alkanes) is 6. The molecule has 0 aliphatic heterocycles. The second-order valence-electron chi connectivity index (χ2n) is 6.02. The predicted octanol–water partition coefficient (Wildman–Crippen LogP) is 7.00. The Hall–Kier alpha value is 0.140. The number of nitrogens with one attached hydrogen (secondary N) is 1. The maximum absolute atomic E-state index is 3.73. The van der Waals surface area contributed by atoms with E-state index in [4.69, 9.17) is 0 Å². The van der Waals surface area contributed by atoms with Gasteiger partial charge >= 0.3 is 0 Å². The van der Waals surface area contributed by atoms with Crippen molar-refractivity contribution in [2.75, 3.05) is 6.54 Å². The van der Waals surface area contributed by atoms with Gasteiger partial charge in [-0.2, -0.15) is 0 Å². The molecule has 0 aliphatic rings. The average molecular weight is 374 g/mol. The van der Waals surface area contributed by atoms with E-state index in [9.17, 15) is 0 Å². The Bertz CT molecular complexity index is 356. The molecule has 1 nitrogen and oxygen atoms in total. The van der Waals surface area contributed by atoms with E-state index < -0.39 is 0 Å². The molecule has 1 unspecified atom stereocenters. The van der Waals surface area contributed by atoms with Crippen LogP contribution in [0, 0.1) is 6.92 Å². The van der Waals surface area contributed by atoms with Gasteiger partial charge < -0.3 is 5.32 Å². The fourth-order valence-electron chi connectivity index (χ4n) is 2.62. The standard InChI is InChI=1S/C18H32BrNS/c1-4-6-7-8-9-10-11-12-16(20-13-5-2)17-14-15(3)18(19)21-17/h14,16,20H,4-13H2,1-3H3. The van der Waals surface area contributed by atoms with Crippen molar-refractivity contribution in [1.82, 2.24) is 5.32 Å². The molecule has 122 valence electrons. The van der Waals surface area contributed by atoms with E-state index in [1.165, 1.54) is 72.0 Å². The summed E-state index contributed by atoms with van der Waals surface area (Å²) in [6.45, 7) is 7.84. The van der Waals surface area contributed by atoms with Gasteiger partial charge in [0.05, 0.1) is 3.79 Å². The van der Waals surface area contributed by atoms with Crippen molar-refractivity contribution in [3.05, 3.63) is 20.3 Å². The Balaban J connectivity index is 2.33. The Kier molecular flexibility index (Phi) is 10.7. The molecule has 3 heteroatoms. The molecule has 1 atom stereocenters. The van der Waals surface area contributed by atoms with Gasteiger partial charge in [0.1, 0.15) is 0 Å². The van der Waals surface area contributed by atoms with Gasteiger partial charge in [-0.15, -0.1) is 11.3 Å². The van der Waals surface area contributed by atoms with E-state index in [-0.39, 0.29) is 0 Å². The number of rotatable bonds is 12. The van der Waals surface area contributed by atoms with Gasteiger partial charge in [-0.3, -0.25) is 0 Å². The lowest BCUT2D eigenvalue weighted by Crippen LogP contribution is -2.21. The van der Waals surface area contributed by atoms with Gasteiger partial charge in [0.2, 0.25) is 0 Å². The summed E-state index contributed by atoms with van der Waals surface area (Å²) >= 11 is 5.56. The van der Waals surface area contributed by atoms with Crippen molar-refractivity contribution in [2.45, 2.75) is 84.6 Å². The highest BCUT2D eigenvalue weighted by Gasteiger charge is 2.14. The van der Waals surface area contributed by atoms with Crippen molar-refractivity contribution in [3.63, 3.8) is 0 Å². The zero-order valence-electron chi connectivity index (χ0n) is 14.0. The third-order valence-electron chi connectivity index (χ3n) is 3.96. The highest BCUT2D eigenvalue weighted by atomic mass is 79.9. The molecule has 0 saturated carbocycles. The molecule has 1 aromatic rings. The highest BCUT2D eigenvalue weighted by Crippen LogP contribution is 2.33. The van der Waals surface area contributed by atoms with Crippen LogP contribution in [0.2, 0.25) is 0 Å². The summed E-state index contributed by atoms with van der Waals surface area (Å²) in [4.78, 5) is 1.50. The van der Waals surface area contributed by atoms with Crippen LogP contribution in [0.25, 0.3) is 0 Å². The second-order valence-corrected chi connectivity index (χ2v) is 8.42. The number of halogens is 1. The largest absolute Gasteiger partial charge is 0.309 e. The molecular formula is C18H32BrNS. The van der Waals surface area contributed by atoms with E-state index in [2.05, 4.69) is 48.1 Å². The lowest BCUT2D eigenvalue weighted by molar-refractivity contribution is 0.471. The first-order valence-corrected chi connectivity index (χ1v) is 10.3. The van der Waals surface area contributed by atoms with Gasteiger partial charge in [0.25, 0.3) is 0 Å². The van der Waals surface area contributed by atoms with E-state index in [1.807, 2.05) is 11.3 Å². The molecule has 0 amide bonds. The number of aryl methyl sites for hydroxylation is 1. The Morgan fingerprint density at radius 3 is 2.29 bits per heavy atom. The van der Waals surface area contributed by atoms with Crippen LogP contribution in [0.3, 0.4) is 0 Å².